The van der Waals surface area contributed by atoms with E-state index in [0.717, 1.165) is 38.5 Å². The van der Waals surface area contributed by atoms with Gasteiger partial charge in [0.25, 0.3) is 7.82 Å². The molecule has 0 aromatic heterocycles. The smallest absolute Gasteiger partial charge is 0.268 e. The van der Waals surface area contributed by atoms with Crippen LogP contribution < -0.4 is 10.2 Å². The van der Waals surface area contributed by atoms with E-state index in [1.165, 1.54) is 96.3 Å². The largest absolute Gasteiger partial charge is 0.756 e. The lowest BCUT2D eigenvalue weighted by molar-refractivity contribution is -0.870. The molecule has 2 N–H and O–H groups in total. The van der Waals surface area contributed by atoms with E-state index < -0.39 is 26.6 Å². The van der Waals surface area contributed by atoms with Gasteiger partial charge in [-0.05, 0) is 32.1 Å². The predicted molar refractivity (Wildman–Crippen MR) is 192 cm³/mol. The summed E-state index contributed by atoms with van der Waals surface area (Å²) in [5, 5.41) is 13.6. The number of phosphoric acid groups is 1. The van der Waals surface area contributed by atoms with Gasteiger partial charge in [0.1, 0.15) is 13.2 Å². The van der Waals surface area contributed by atoms with E-state index in [4.69, 9.17) is 9.05 Å². The molecule has 0 aliphatic carbocycles. The zero-order chi connectivity index (χ0) is 34.4. The third-order valence-electron chi connectivity index (χ3n) is 8.16. The Kier molecular flexibility index (Phi) is 29.4. The molecule has 272 valence electrons. The van der Waals surface area contributed by atoms with Crippen LogP contribution in [0.15, 0.2) is 24.3 Å². The third kappa shape index (κ3) is 31.6. The maximum Gasteiger partial charge on any atom is 0.268 e. The van der Waals surface area contributed by atoms with Crippen LogP contribution in [-0.4, -0.2) is 68.5 Å². The number of carbonyl (C=O) groups excluding carboxylic acids is 1. The maximum absolute atomic E-state index is 12.7. The Morgan fingerprint density at radius 1 is 0.739 bits per heavy atom. The first-order valence-electron chi connectivity index (χ1n) is 18.7. The van der Waals surface area contributed by atoms with E-state index in [2.05, 4.69) is 31.3 Å². The lowest BCUT2D eigenvalue weighted by Crippen LogP contribution is -2.45. The second-order valence-electron chi connectivity index (χ2n) is 13.9. The molecular weight excluding hydrogens is 599 g/mol. The van der Waals surface area contributed by atoms with Crippen molar-refractivity contribution >= 4 is 13.7 Å². The van der Waals surface area contributed by atoms with Gasteiger partial charge in [-0.2, -0.15) is 0 Å². The van der Waals surface area contributed by atoms with E-state index >= 15 is 0 Å². The van der Waals surface area contributed by atoms with Crippen molar-refractivity contribution in [1.82, 2.24) is 5.32 Å². The lowest BCUT2D eigenvalue weighted by Gasteiger charge is -2.29. The summed E-state index contributed by atoms with van der Waals surface area (Å²) in [4.78, 5) is 25.1. The van der Waals surface area contributed by atoms with Crippen LogP contribution in [0.3, 0.4) is 0 Å². The van der Waals surface area contributed by atoms with Gasteiger partial charge in [0.05, 0.1) is 39.9 Å². The number of rotatable bonds is 33. The first-order valence-corrected chi connectivity index (χ1v) is 20.2. The minimum atomic E-state index is -4.58. The van der Waals surface area contributed by atoms with Gasteiger partial charge >= 0.3 is 0 Å². The summed E-state index contributed by atoms with van der Waals surface area (Å²) in [6, 6.07) is -0.894. The molecule has 9 heteroatoms. The summed E-state index contributed by atoms with van der Waals surface area (Å²) in [5.74, 6) is -0.211. The number of nitrogens with one attached hydrogen (secondary N) is 1. The van der Waals surface area contributed by atoms with E-state index in [0.29, 0.717) is 17.4 Å². The number of aliphatic hydroxyl groups excluding tert-OH is 1. The van der Waals surface area contributed by atoms with Crippen LogP contribution in [0.1, 0.15) is 155 Å². The van der Waals surface area contributed by atoms with Gasteiger partial charge in [-0.3, -0.25) is 9.36 Å². The van der Waals surface area contributed by atoms with Gasteiger partial charge in [-0.15, -0.1) is 0 Å². The number of likely N-dealkylation sites (N-methyl/N-ethyl adjacent to an activating group) is 1. The number of hydrogen-bond acceptors (Lipinski definition) is 6. The number of aliphatic hydroxyl groups is 1. The Morgan fingerprint density at radius 3 is 1.76 bits per heavy atom. The Hall–Kier alpha value is -1.02. The second kappa shape index (κ2) is 30.1. The van der Waals surface area contributed by atoms with E-state index in [1.54, 1.807) is 6.08 Å². The number of carbonyl (C=O) groups is 1. The first kappa shape index (κ1) is 45.0. The standard InChI is InChI=1S/C37H73N2O6P/c1-6-8-10-12-14-16-17-18-19-20-21-23-25-27-29-31-37(41)38-35(34-45-46(42,43)44-33-32-39(3,4)5)36(40)30-28-26-24-22-15-13-11-9-7-2/h15,22,28,30,35-36,40H,6-14,16-21,23-27,29,31-34H2,1-5H3,(H-,38,41,42,43)/b22-15+,30-28+. The van der Waals surface area contributed by atoms with Crippen molar-refractivity contribution in [2.24, 2.45) is 0 Å². The number of hydrogen-bond donors (Lipinski definition) is 2. The van der Waals surface area contributed by atoms with Crippen LogP contribution in [0.25, 0.3) is 0 Å². The minimum absolute atomic E-state index is 0.00504. The fourth-order valence-corrected chi connectivity index (χ4v) is 5.83. The fourth-order valence-electron chi connectivity index (χ4n) is 5.11. The second-order valence-corrected chi connectivity index (χ2v) is 15.3. The van der Waals surface area contributed by atoms with Gasteiger partial charge < -0.3 is 28.8 Å². The minimum Gasteiger partial charge on any atom is -0.756 e. The number of phosphoric ester groups is 1. The highest BCUT2D eigenvalue weighted by Gasteiger charge is 2.23. The van der Waals surface area contributed by atoms with Gasteiger partial charge in [-0.25, -0.2) is 0 Å². The molecule has 46 heavy (non-hydrogen) atoms. The summed E-state index contributed by atoms with van der Waals surface area (Å²) in [5.41, 5.74) is 0. The number of nitrogens with zero attached hydrogens (tertiary/aromatic N) is 1. The molecule has 0 saturated carbocycles. The zero-order valence-electron chi connectivity index (χ0n) is 30.5. The van der Waals surface area contributed by atoms with Gasteiger partial charge in [0.2, 0.25) is 5.91 Å². The highest BCUT2D eigenvalue weighted by molar-refractivity contribution is 7.45. The Balaban J connectivity index is 4.49. The predicted octanol–water partition coefficient (Wildman–Crippen LogP) is 8.77. The topological polar surface area (TPSA) is 108 Å². The van der Waals surface area contributed by atoms with E-state index in [9.17, 15) is 19.4 Å². The molecule has 8 nitrogen and oxygen atoms in total. The SMILES string of the molecule is CCCCC/C=C/CC/C=C/C(O)C(COP(=O)([O-])OCC[N+](C)(C)C)NC(=O)CCCCCCCCCCCCCCCCC. The molecule has 0 aliphatic heterocycles. The molecule has 3 atom stereocenters. The molecule has 0 rings (SSSR count). The number of amides is 1. The highest BCUT2D eigenvalue weighted by Crippen LogP contribution is 2.38. The summed E-state index contributed by atoms with van der Waals surface area (Å²) < 4.78 is 23.0. The molecule has 0 saturated heterocycles. The fraction of sp³-hybridized carbons (Fsp3) is 0.865. The molecule has 3 unspecified atom stereocenters. The molecule has 0 bridgehead atoms. The Labute approximate surface area is 284 Å². The number of allylic oxidation sites excluding steroid dienone is 3. The average molecular weight is 673 g/mol. The summed E-state index contributed by atoms with van der Waals surface area (Å²) >= 11 is 0. The van der Waals surface area contributed by atoms with Crippen molar-refractivity contribution < 1.29 is 32.9 Å². The van der Waals surface area contributed by atoms with E-state index in [-0.39, 0.29) is 12.5 Å². The van der Waals surface area contributed by atoms with Crippen molar-refractivity contribution in [3.8, 4) is 0 Å². The molecule has 0 aliphatic rings. The molecule has 0 spiro atoms. The monoisotopic (exact) mass is 673 g/mol. The van der Waals surface area contributed by atoms with Crippen molar-refractivity contribution in [2.45, 2.75) is 167 Å². The van der Waals surface area contributed by atoms with Crippen LogP contribution in [0.2, 0.25) is 0 Å². The molecule has 0 aromatic rings. The van der Waals surface area contributed by atoms with Crippen LogP contribution in [0, 0.1) is 0 Å². The van der Waals surface area contributed by atoms with Gasteiger partial charge in [-0.1, -0.05) is 141 Å². The molecule has 0 aromatic carbocycles. The number of unbranched alkanes of at least 4 members (excludes halogenated alkanes) is 18. The maximum atomic E-state index is 12.7. The van der Waals surface area contributed by atoms with Crippen LogP contribution >= 0.6 is 7.82 Å². The van der Waals surface area contributed by atoms with Crippen molar-refractivity contribution in [3.63, 3.8) is 0 Å². The Bertz CT molecular complexity index is 814. The Morgan fingerprint density at radius 2 is 1.22 bits per heavy atom. The quantitative estimate of drug-likeness (QED) is 0.0312. The first-order chi connectivity index (χ1) is 22.0. The molecule has 1 amide bonds. The molecular formula is C37H73N2O6P. The normalized spacial score (nSPS) is 15.0. The van der Waals surface area contributed by atoms with Crippen molar-refractivity contribution in [2.75, 3.05) is 40.9 Å². The van der Waals surface area contributed by atoms with Crippen LogP contribution in [0.5, 0.6) is 0 Å². The van der Waals surface area contributed by atoms with E-state index in [1.807, 2.05) is 27.2 Å². The van der Waals surface area contributed by atoms with Gasteiger partial charge in [0.15, 0.2) is 0 Å². The molecule has 0 radical (unpaired) electrons. The summed E-state index contributed by atoms with van der Waals surface area (Å²) in [6.45, 7) is 4.55. The lowest BCUT2D eigenvalue weighted by atomic mass is 10.0. The van der Waals surface area contributed by atoms with Crippen molar-refractivity contribution in [3.05, 3.63) is 24.3 Å². The molecule has 0 heterocycles. The summed E-state index contributed by atoms with van der Waals surface area (Å²) in [7, 11) is 1.24. The van der Waals surface area contributed by atoms with Crippen LogP contribution in [-0.2, 0) is 18.4 Å². The number of quaternary nitrogens is 1. The van der Waals surface area contributed by atoms with Gasteiger partial charge in [0, 0.05) is 6.42 Å². The summed E-state index contributed by atoms with van der Waals surface area (Å²) in [6.07, 6.45) is 32.3. The zero-order valence-corrected chi connectivity index (χ0v) is 31.4. The third-order valence-corrected chi connectivity index (χ3v) is 9.13. The van der Waals surface area contributed by atoms with Crippen LogP contribution in [0.4, 0.5) is 0 Å². The molecule has 0 fully saturated rings. The highest BCUT2D eigenvalue weighted by atomic mass is 31.2. The van der Waals surface area contributed by atoms with Crippen molar-refractivity contribution in [1.29, 1.82) is 0 Å². The average Bonchev–Trinajstić information content (AvgIpc) is 2.99.